The molecule has 1 aromatic rings. The van der Waals surface area contributed by atoms with E-state index >= 15 is 0 Å². The van der Waals surface area contributed by atoms with Gasteiger partial charge in [-0.05, 0) is 31.4 Å². The fraction of sp³-hybridized carbons (Fsp3) is 0.765. The Bertz CT molecular complexity index is 530. The van der Waals surface area contributed by atoms with Gasteiger partial charge in [-0.1, -0.05) is 19.8 Å². The van der Waals surface area contributed by atoms with Crippen LogP contribution in [0.15, 0.2) is 12.4 Å². The fourth-order valence-corrected chi connectivity index (χ4v) is 5.00. The van der Waals surface area contributed by atoms with Gasteiger partial charge in [0.15, 0.2) is 0 Å². The van der Waals surface area contributed by atoms with Crippen molar-refractivity contribution in [3.63, 3.8) is 0 Å². The highest BCUT2D eigenvalue weighted by Gasteiger charge is 2.34. The lowest BCUT2D eigenvalue weighted by Crippen LogP contribution is -2.56. The van der Waals surface area contributed by atoms with Crippen molar-refractivity contribution in [3.8, 4) is 0 Å². The lowest BCUT2D eigenvalue weighted by Gasteiger charge is -2.38. The third-order valence-corrected chi connectivity index (χ3v) is 6.27. The van der Waals surface area contributed by atoms with Crippen molar-refractivity contribution < 1.29 is 4.79 Å². The fourth-order valence-electron chi connectivity index (χ4n) is 3.79. The maximum atomic E-state index is 12.9. The lowest BCUT2D eigenvalue weighted by atomic mass is 9.93. The Labute approximate surface area is 143 Å². The average molecular weight is 337 g/mol. The standard InChI is InChI=1S/C17H28N4OS/c1-3-23-16-9-5-4-7-14(16)19-15-8-6-10-21(17(15)22)13-11-18-20(2)12-13/h11-12,14-16,19H,3-10H2,1-2H3/t14-,15+,16+/m0/s1. The Morgan fingerprint density at radius 1 is 1.30 bits per heavy atom. The first-order valence-electron chi connectivity index (χ1n) is 8.86. The average Bonchev–Trinajstić information content (AvgIpc) is 2.98. The molecule has 128 valence electrons. The second-order valence-electron chi connectivity index (χ2n) is 6.61. The molecule has 1 N–H and O–H groups in total. The van der Waals surface area contributed by atoms with Gasteiger partial charge in [-0.3, -0.25) is 9.48 Å². The minimum absolute atomic E-state index is 0.0352. The Morgan fingerprint density at radius 3 is 2.87 bits per heavy atom. The Kier molecular flexibility index (Phi) is 5.64. The van der Waals surface area contributed by atoms with Crippen LogP contribution in [0.4, 0.5) is 5.69 Å². The highest BCUT2D eigenvalue weighted by Crippen LogP contribution is 2.30. The summed E-state index contributed by atoms with van der Waals surface area (Å²) in [5.41, 5.74) is 0.923. The SMILES string of the molecule is CCS[C@@H]1CCCC[C@@H]1N[C@@H]1CCCN(c2cnn(C)c2)C1=O. The summed E-state index contributed by atoms with van der Waals surface area (Å²) in [5, 5.41) is 8.57. The minimum Gasteiger partial charge on any atom is -0.308 e. The van der Waals surface area contributed by atoms with Crippen LogP contribution in [0.3, 0.4) is 0 Å². The van der Waals surface area contributed by atoms with E-state index in [1.165, 1.54) is 25.7 Å². The molecule has 0 bridgehead atoms. The Hall–Kier alpha value is -1.01. The van der Waals surface area contributed by atoms with Gasteiger partial charge in [-0.25, -0.2) is 0 Å². The van der Waals surface area contributed by atoms with E-state index in [0.29, 0.717) is 11.3 Å². The summed E-state index contributed by atoms with van der Waals surface area (Å²) in [5.74, 6) is 1.37. The van der Waals surface area contributed by atoms with E-state index < -0.39 is 0 Å². The quantitative estimate of drug-likeness (QED) is 0.898. The van der Waals surface area contributed by atoms with E-state index in [1.807, 2.05) is 29.9 Å². The smallest absolute Gasteiger partial charge is 0.244 e. The monoisotopic (exact) mass is 336 g/mol. The molecule has 1 aliphatic carbocycles. The van der Waals surface area contributed by atoms with Crippen LogP contribution in [0.5, 0.6) is 0 Å². The molecule has 0 radical (unpaired) electrons. The van der Waals surface area contributed by atoms with Crippen LogP contribution in [-0.2, 0) is 11.8 Å². The van der Waals surface area contributed by atoms with Crippen LogP contribution in [0.25, 0.3) is 0 Å². The molecule has 2 heterocycles. The zero-order chi connectivity index (χ0) is 16.2. The number of nitrogens with zero attached hydrogens (tertiary/aromatic N) is 3. The number of hydrogen-bond donors (Lipinski definition) is 1. The summed E-state index contributed by atoms with van der Waals surface area (Å²) in [6.07, 6.45) is 10.8. The molecule has 1 saturated heterocycles. The third-order valence-electron chi connectivity index (χ3n) is 4.94. The van der Waals surface area contributed by atoms with Crippen LogP contribution in [-0.4, -0.2) is 45.3 Å². The van der Waals surface area contributed by atoms with E-state index in [0.717, 1.165) is 30.8 Å². The molecule has 0 aromatic carbocycles. The number of thioether (sulfide) groups is 1. The van der Waals surface area contributed by atoms with Crippen molar-refractivity contribution >= 4 is 23.4 Å². The summed E-state index contributed by atoms with van der Waals surface area (Å²) in [7, 11) is 1.89. The molecule has 1 aromatic heterocycles. The molecule has 1 aliphatic heterocycles. The van der Waals surface area contributed by atoms with Crippen molar-refractivity contribution in [3.05, 3.63) is 12.4 Å². The molecule has 3 rings (SSSR count). The molecule has 0 unspecified atom stereocenters. The van der Waals surface area contributed by atoms with Crippen molar-refractivity contribution in [2.24, 2.45) is 7.05 Å². The lowest BCUT2D eigenvalue weighted by molar-refractivity contribution is -0.122. The first kappa shape index (κ1) is 16.8. The minimum atomic E-state index is -0.0352. The van der Waals surface area contributed by atoms with Crippen LogP contribution in [0.1, 0.15) is 45.4 Å². The van der Waals surface area contributed by atoms with Gasteiger partial charge in [0, 0.05) is 31.1 Å². The number of hydrogen-bond acceptors (Lipinski definition) is 4. The van der Waals surface area contributed by atoms with Gasteiger partial charge in [0.25, 0.3) is 0 Å². The summed E-state index contributed by atoms with van der Waals surface area (Å²) in [6.45, 7) is 3.03. The molecule has 1 saturated carbocycles. The first-order chi connectivity index (χ1) is 11.2. The molecule has 5 nitrogen and oxygen atoms in total. The maximum absolute atomic E-state index is 12.9. The van der Waals surface area contributed by atoms with Crippen LogP contribution >= 0.6 is 11.8 Å². The summed E-state index contributed by atoms with van der Waals surface area (Å²) in [4.78, 5) is 14.8. The van der Waals surface area contributed by atoms with Gasteiger partial charge in [0.05, 0.1) is 17.9 Å². The molecule has 3 atom stereocenters. The zero-order valence-corrected chi connectivity index (χ0v) is 15.0. The number of aryl methyl sites for hydroxylation is 1. The molecule has 6 heteroatoms. The van der Waals surface area contributed by atoms with Crippen LogP contribution in [0.2, 0.25) is 0 Å². The molecular formula is C17H28N4OS. The third kappa shape index (κ3) is 3.91. The number of nitrogens with one attached hydrogen (secondary N) is 1. The van der Waals surface area contributed by atoms with Crippen molar-refractivity contribution in [1.82, 2.24) is 15.1 Å². The summed E-state index contributed by atoms with van der Waals surface area (Å²) < 4.78 is 1.76. The van der Waals surface area contributed by atoms with Gasteiger partial charge in [-0.2, -0.15) is 16.9 Å². The number of rotatable bonds is 5. The molecule has 23 heavy (non-hydrogen) atoms. The van der Waals surface area contributed by atoms with Crippen molar-refractivity contribution in [1.29, 1.82) is 0 Å². The Morgan fingerprint density at radius 2 is 2.13 bits per heavy atom. The van der Waals surface area contributed by atoms with Gasteiger partial charge in [0.1, 0.15) is 0 Å². The zero-order valence-electron chi connectivity index (χ0n) is 14.2. The summed E-state index contributed by atoms with van der Waals surface area (Å²) in [6, 6.07) is 0.448. The van der Waals surface area contributed by atoms with Crippen LogP contribution < -0.4 is 10.2 Å². The Balaban J connectivity index is 1.66. The van der Waals surface area contributed by atoms with Gasteiger partial charge < -0.3 is 10.2 Å². The first-order valence-corrected chi connectivity index (χ1v) is 9.91. The maximum Gasteiger partial charge on any atom is 0.244 e. The summed E-state index contributed by atoms with van der Waals surface area (Å²) >= 11 is 2.05. The molecule has 0 spiro atoms. The number of piperidine rings is 1. The molecule has 2 aliphatic rings. The van der Waals surface area contributed by atoms with Crippen molar-refractivity contribution in [2.45, 2.75) is 62.8 Å². The number of carbonyl (C=O) groups is 1. The van der Waals surface area contributed by atoms with E-state index in [1.54, 1.807) is 10.9 Å². The number of carbonyl (C=O) groups excluding carboxylic acids is 1. The normalized spacial score (nSPS) is 29.0. The second kappa shape index (κ2) is 7.71. The largest absolute Gasteiger partial charge is 0.308 e. The molecular weight excluding hydrogens is 308 g/mol. The van der Waals surface area contributed by atoms with Crippen LogP contribution in [0, 0.1) is 0 Å². The van der Waals surface area contributed by atoms with E-state index in [9.17, 15) is 4.79 Å². The van der Waals surface area contributed by atoms with E-state index in [-0.39, 0.29) is 11.9 Å². The van der Waals surface area contributed by atoms with Gasteiger partial charge >= 0.3 is 0 Å². The molecule has 1 amide bonds. The number of amides is 1. The van der Waals surface area contributed by atoms with Gasteiger partial charge in [0.2, 0.25) is 5.91 Å². The predicted molar refractivity (Wildman–Crippen MR) is 95.9 cm³/mol. The topological polar surface area (TPSA) is 50.2 Å². The predicted octanol–water partition coefficient (Wildman–Crippen LogP) is 2.57. The molecule has 2 fully saturated rings. The highest BCUT2D eigenvalue weighted by atomic mass is 32.2. The number of aromatic nitrogens is 2. The van der Waals surface area contributed by atoms with Gasteiger partial charge in [-0.15, -0.1) is 0 Å². The van der Waals surface area contributed by atoms with Crippen molar-refractivity contribution in [2.75, 3.05) is 17.2 Å². The van der Waals surface area contributed by atoms with E-state index in [2.05, 4.69) is 17.3 Å². The second-order valence-corrected chi connectivity index (χ2v) is 8.12. The van der Waals surface area contributed by atoms with E-state index in [4.69, 9.17) is 0 Å². The number of anilines is 1. The highest BCUT2D eigenvalue weighted by molar-refractivity contribution is 7.99.